The zero-order chi connectivity index (χ0) is 11.4. The molecular formula is C10H9BrIN3S. The summed E-state index contributed by atoms with van der Waals surface area (Å²) in [5.74, 6) is 0.909. The maximum Gasteiger partial charge on any atom is 0.142 e. The smallest absolute Gasteiger partial charge is 0.142 e. The molecule has 3 nitrogen and oxygen atoms in total. The molecule has 0 radical (unpaired) electrons. The Morgan fingerprint density at radius 1 is 1.44 bits per heavy atom. The molecule has 2 aromatic heterocycles. The van der Waals surface area contributed by atoms with Gasteiger partial charge in [-0.2, -0.15) is 0 Å². The molecule has 0 aliphatic carbocycles. The Labute approximate surface area is 120 Å². The predicted molar refractivity (Wildman–Crippen MR) is 79.0 cm³/mol. The monoisotopic (exact) mass is 409 g/mol. The predicted octanol–water partition coefficient (Wildman–Crippen LogP) is 3.56. The molecule has 0 spiro atoms. The molecule has 2 aromatic rings. The van der Waals surface area contributed by atoms with Gasteiger partial charge >= 0.3 is 0 Å². The van der Waals surface area contributed by atoms with E-state index in [4.69, 9.17) is 0 Å². The summed E-state index contributed by atoms with van der Waals surface area (Å²) in [5, 5.41) is 3.30. The summed E-state index contributed by atoms with van der Waals surface area (Å²) in [6.07, 6.45) is 4.38. The van der Waals surface area contributed by atoms with E-state index in [9.17, 15) is 0 Å². The third-order valence-electron chi connectivity index (χ3n) is 1.96. The normalized spacial score (nSPS) is 10.4. The van der Waals surface area contributed by atoms with E-state index >= 15 is 0 Å². The third-order valence-corrected chi connectivity index (χ3v) is 4.43. The minimum Gasteiger partial charge on any atom is -0.369 e. The van der Waals surface area contributed by atoms with Crippen molar-refractivity contribution in [1.29, 1.82) is 0 Å². The van der Waals surface area contributed by atoms with E-state index in [-0.39, 0.29) is 0 Å². The first-order valence-corrected chi connectivity index (χ1v) is 7.38. The second kappa shape index (κ2) is 5.92. The quantitative estimate of drug-likeness (QED) is 0.784. The number of anilines is 1. The van der Waals surface area contributed by atoms with Crippen molar-refractivity contribution in [3.8, 4) is 0 Å². The fourth-order valence-corrected chi connectivity index (χ4v) is 3.21. The van der Waals surface area contributed by atoms with Crippen LogP contribution in [0.25, 0.3) is 0 Å². The van der Waals surface area contributed by atoms with Gasteiger partial charge in [0.05, 0.1) is 7.36 Å². The molecule has 0 saturated carbocycles. The highest BCUT2D eigenvalue weighted by atomic mass is 127. The van der Waals surface area contributed by atoms with Gasteiger partial charge in [-0.1, -0.05) is 0 Å². The summed E-state index contributed by atoms with van der Waals surface area (Å²) in [4.78, 5) is 9.50. The molecule has 0 saturated heterocycles. The summed E-state index contributed by atoms with van der Waals surface area (Å²) in [7, 11) is 0. The largest absolute Gasteiger partial charge is 0.369 e. The SMILES string of the molecule is Brc1ccc(CCNc2ncncc2I)s1. The van der Waals surface area contributed by atoms with Gasteiger partial charge in [0, 0.05) is 17.6 Å². The van der Waals surface area contributed by atoms with Crippen molar-refractivity contribution in [2.24, 2.45) is 0 Å². The summed E-state index contributed by atoms with van der Waals surface area (Å²) >= 11 is 7.45. The molecular weight excluding hydrogens is 401 g/mol. The van der Waals surface area contributed by atoms with Gasteiger partial charge in [0.15, 0.2) is 0 Å². The molecule has 0 bridgehead atoms. The van der Waals surface area contributed by atoms with E-state index in [1.807, 2.05) is 0 Å². The van der Waals surface area contributed by atoms with Crippen LogP contribution in [0.5, 0.6) is 0 Å². The van der Waals surface area contributed by atoms with Crippen LogP contribution >= 0.6 is 49.9 Å². The number of halogens is 2. The topological polar surface area (TPSA) is 37.8 Å². The van der Waals surface area contributed by atoms with Crippen molar-refractivity contribution in [2.45, 2.75) is 6.42 Å². The maximum atomic E-state index is 4.18. The zero-order valence-electron chi connectivity index (χ0n) is 8.28. The van der Waals surface area contributed by atoms with Gasteiger partial charge in [-0.25, -0.2) is 9.97 Å². The highest BCUT2D eigenvalue weighted by Crippen LogP contribution is 2.22. The van der Waals surface area contributed by atoms with Crippen LogP contribution < -0.4 is 5.32 Å². The van der Waals surface area contributed by atoms with E-state index in [0.717, 1.165) is 22.4 Å². The average molecular weight is 410 g/mol. The first kappa shape index (κ1) is 12.3. The van der Waals surface area contributed by atoms with Crippen molar-refractivity contribution in [1.82, 2.24) is 9.97 Å². The molecule has 0 amide bonds. The molecule has 0 fully saturated rings. The van der Waals surface area contributed by atoms with Crippen LogP contribution in [-0.4, -0.2) is 16.5 Å². The van der Waals surface area contributed by atoms with Crippen LogP contribution in [-0.2, 0) is 6.42 Å². The Morgan fingerprint density at radius 3 is 3.00 bits per heavy atom. The Morgan fingerprint density at radius 2 is 2.31 bits per heavy atom. The molecule has 0 aliphatic rings. The van der Waals surface area contributed by atoms with Crippen LogP contribution in [0.2, 0.25) is 0 Å². The van der Waals surface area contributed by atoms with Crippen LogP contribution in [0.3, 0.4) is 0 Å². The maximum absolute atomic E-state index is 4.18. The van der Waals surface area contributed by atoms with E-state index < -0.39 is 0 Å². The van der Waals surface area contributed by atoms with Gasteiger partial charge in [0.1, 0.15) is 12.1 Å². The summed E-state index contributed by atoms with van der Waals surface area (Å²) in [6, 6.07) is 4.22. The fourth-order valence-electron chi connectivity index (χ4n) is 1.23. The third kappa shape index (κ3) is 3.39. The van der Waals surface area contributed by atoms with E-state index in [1.165, 1.54) is 8.66 Å². The van der Waals surface area contributed by atoms with Crippen molar-refractivity contribution < 1.29 is 0 Å². The van der Waals surface area contributed by atoms with Gasteiger partial charge in [0.2, 0.25) is 0 Å². The molecule has 0 aromatic carbocycles. The zero-order valence-corrected chi connectivity index (χ0v) is 12.8. The Bertz CT molecular complexity index is 475. The van der Waals surface area contributed by atoms with E-state index in [1.54, 1.807) is 23.9 Å². The van der Waals surface area contributed by atoms with E-state index in [0.29, 0.717) is 0 Å². The van der Waals surface area contributed by atoms with Gasteiger partial charge < -0.3 is 5.32 Å². The number of nitrogens with zero attached hydrogens (tertiary/aromatic N) is 2. The van der Waals surface area contributed by atoms with E-state index in [2.05, 4.69) is 65.9 Å². The first-order valence-electron chi connectivity index (χ1n) is 4.69. The number of aromatic nitrogens is 2. The van der Waals surface area contributed by atoms with Crippen LogP contribution in [0.4, 0.5) is 5.82 Å². The first-order chi connectivity index (χ1) is 7.75. The standard InChI is InChI=1S/C10H9BrIN3S/c11-9-2-1-7(16-9)3-4-14-10-8(12)5-13-6-15-10/h1-2,5-6H,3-4H2,(H,13,14,15). The number of hydrogen-bond donors (Lipinski definition) is 1. The van der Waals surface area contributed by atoms with Gasteiger partial charge in [0.25, 0.3) is 0 Å². The van der Waals surface area contributed by atoms with Crippen LogP contribution in [0.1, 0.15) is 4.88 Å². The number of rotatable bonds is 4. The van der Waals surface area contributed by atoms with Gasteiger partial charge in [-0.3, -0.25) is 0 Å². The molecule has 2 heterocycles. The fraction of sp³-hybridized carbons (Fsp3) is 0.200. The van der Waals surface area contributed by atoms with Crippen LogP contribution in [0, 0.1) is 3.57 Å². The second-order valence-corrected chi connectivity index (χ2v) is 6.81. The number of hydrogen-bond acceptors (Lipinski definition) is 4. The van der Waals surface area contributed by atoms with Crippen LogP contribution in [0.15, 0.2) is 28.4 Å². The van der Waals surface area contributed by atoms with Crippen molar-refractivity contribution in [2.75, 3.05) is 11.9 Å². The summed E-state index contributed by atoms with van der Waals surface area (Å²) < 4.78 is 2.23. The molecule has 6 heteroatoms. The van der Waals surface area contributed by atoms with Crippen molar-refractivity contribution in [3.63, 3.8) is 0 Å². The minimum absolute atomic E-state index is 0.889. The molecule has 1 N–H and O–H groups in total. The molecule has 0 unspecified atom stereocenters. The lowest BCUT2D eigenvalue weighted by atomic mass is 10.3. The van der Waals surface area contributed by atoms with Gasteiger partial charge in [-0.05, 0) is 57.1 Å². The van der Waals surface area contributed by atoms with Crippen molar-refractivity contribution >= 4 is 55.7 Å². The summed E-state index contributed by atoms with van der Waals surface area (Å²) in [6.45, 7) is 0.889. The Kier molecular flexibility index (Phi) is 4.54. The summed E-state index contributed by atoms with van der Waals surface area (Å²) in [5.41, 5.74) is 0. The highest BCUT2D eigenvalue weighted by molar-refractivity contribution is 14.1. The molecule has 2 rings (SSSR count). The highest BCUT2D eigenvalue weighted by Gasteiger charge is 2.01. The molecule has 0 aliphatic heterocycles. The molecule has 16 heavy (non-hydrogen) atoms. The minimum atomic E-state index is 0.889. The lowest BCUT2D eigenvalue weighted by Crippen LogP contribution is -2.07. The lowest BCUT2D eigenvalue weighted by Gasteiger charge is -2.05. The average Bonchev–Trinajstić information content (AvgIpc) is 2.67. The number of nitrogens with one attached hydrogen (secondary N) is 1. The lowest BCUT2D eigenvalue weighted by molar-refractivity contribution is 1.01. The molecule has 84 valence electrons. The Balaban J connectivity index is 1.87. The molecule has 0 atom stereocenters. The Hall–Kier alpha value is -0.210. The second-order valence-electron chi connectivity index (χ2n) is 3.10. The van der Waals surface area contributed by atoms with Gasteiger partial charge in [-0.15, -0.1) is 11.3 Å². The van der Waals surface area contributed by atoms with Crippen molar-refractivity contribution in [3.05, 3.63) is 36.9 Å². The number of thiophene rings is 1.